The molecule has 132 valence electrons. The summed E-state index contributed by atoms with van der Waals surface area (Å²) in [6.45, 7) is 0.635. The Bertz CT molecular complexity index is 833. The Labute approximate surface area is 150 Å². The number of carbonyl (C=O) groups excluding carboxylic acids is 1. The fourth-order valence-electron chi connectivity index (χ4n) is 2.44. The maximum absolute atomic E-state index is 12.0. The summed E-state index contributed by atoms with van der Waals surface area (Å²) in [5.74, 6) is 0.953. The Hall–Kier alpha value is -2.54. The zero-order chi connectivity index (χ0) is 17.8. The van der Waals surface area contributed by atoms with E-state index in [9.17, 15) is 9.59 Å². The second-order valence-corrected chi connectivity index (χ2v) is 6.28. The van der Waals surface area contributed by atoms with Gasteiger partial charge in [0, 0.05) is 30.1 Å². The van der Waals surface area contributed by atoms with Gasteiger partial charge in [-0.05, 0) is 31.0 Å². The lowest BCUT2D eigenvalue weighted by molar-refractivity contribution is 0.251. The van der Waals surface area contributed by atoms with Gasteiger partial charge >= 0.3 is 6.03 Å². The molecule has 1 aliphatic rings. The van der Waals surface area contributed by atoms with E-state index in [1.807, 2.05) is 0 Å². The molecule has 1 saturated carbocycles. The number of amides is 2. The SMILES string of the molecule is COc1ccc(Cl)cc1NC(=O)NCCn1cnc(C2CC2)cc1=O. The lowest BCUT2D eigenvalue weighted by atomic mass is 10.3. The molecular formula is C17H19ClN4O3. The van der Waals surface area contributed by atoms with Gasteiger partial charge in [-0.25, -0.2) is 9.78 Å². The third kappa shape index (κ3) is 4.51. The minimum atomic E-state index is -0.406. The maximum atomic E-state index is 12.0. The molecule has 2 aromatic rings. The zero-order valence-corrected chi connectivity index (χ0v) is 14.5. The molecule has 0 aliphatic heterocycles. The molecule has 0 bridgehead atoms. The van der Waals surface area contributed by atoms with Crippen molar-refractivity contribution < 1.29 is 9.53 Å². The van der Waals surface area contributed by atoms with Gasteiger partial charge in [0.15, 0.2) is 0 Å². The van der Waals surface area contributed by atoms with Crippen LogP contribution < -0.4 is 20.9 Å². The van der Waals surface area contributed by atoms with E-state index in [0.29, 0.717) is 35.5 Å². The number of anilines is 1. The smallest absolute Gasteiger partial charge is 0.319 e. The number of carbonyl (C=O) groups is 1. The molecule has 1 heterocycles. The van der Waals surface area contributed by atoms with Crippen LogP contribution in [0.25, 0.3) is 0 Å². The monoisotopic (exact) mass is 362 g/mol. The number of nitrogens with one attached hydrogen (secondary N) is 2. The number of hydrogen-bond acceptors (Lipinski definition) is 4. The predicted molar refractivity (Wildman–Crippen MR) is 95.5 cm³/mol. The van der Waals surface area contributed by atoms with Crippen molar-refractivity contribution in [3.05, 3.63) is 51.7 Å². The van der Waals surface area contributed by atoms with Crippen LogP contribution in [0.2, 0.25) is 5.02 Å². The average molecular weight is 363 g/mol. The first-order chi connectivity index (χ1) is 12.1. The van der Waals surface area contributed by atoms with Crippen molar-refractivity contribution in [1.82, 2.24) is 14.9 Å². The van der Waals surface area contributed by atoms with Crippen LogP contribution in [0.3, 0.4) is 0 Å². The van der Waals surface area contributed by atoms with Crippen LogP contribution in [0, 0.1) is 0 Å². The summed E-state index contributed by atoms with van der Waals surface area (Å²) in [5, 5.41) is 5.85. The number of rotatable bonds is 6. The molecule has 1 aliphatic carbocycles. The lowest BCUT2D eigenvalue weighted by Crippen LogP contribution is -2.33. The number of nitrogens with zero attached hydrogens (tertiary/aromatic N) is 2. The maximum Gasteiger partial charge on any atom is 0.319 e. The Morgan fingerprint density at radius 3 is 2.88 bits per heavy atom. The molecule has 0 unspecified atom stereocenters. The van der Waals surface area contributed by atoms with Crippen LogP contribution in [0.1, 0.15) is 24.5 Å². The number of halogens is 1. The molecule has 3 rings (SSSR count). The zero-order valence-electron chi connectivity index (χ0n) is 13.8. The highest BCUT2D eigenvalue weighted by atomic mass is 35.5. The van der Waals surface area contributed by atoms with E-state index < -0.39 is 6.03 Å². The summed E-state index contributed by atoms with van der Waals surface area (Å²) in [6.07, 6.45) is 3.74. The molecule has 1 aromatic heterocycles. The lowest BCUT2D eigenvalue weighted by Gasteiger charge is -2.12. The molecule has 0 saturated heterocycles. The van der Waals surface area contributed by atoms with E-state index in [-0.39, 0.29) is 5.56 Å². The molecule has 2 N–H and O–H groups in total. The first-order valence-corrected chi connectivity index (χ1v) is 8.39. The summed E-state index contributed by atoms with van der Waals surface area (Å²) in [7, 11) is 1.51. The van der Waals surface area contributed by atoms with Crippen LogP contribution in [0.15, 0.2) is 35.4 Å². The fraction of sp³-hybridized carbons (Fsp3) is 0.353. The van der Waals surface area contributed by atoms with Gasteiger partial charge in [-0.1, -0.05) is 11.6 Å². The molecular weight excluding hydrogens is 344 g/mol. The number of urea groups is 1. The van der Waals surface area contributed by atoms with Crippen molar-refractivity contribution in [2.45, 2.75) is 25.3 Å². The van der Waals surface area contributed by atoms with Crippen molar-refractivity contribution in [2.75, 3.05) is 19.0 Å². The number of hydrogen-bond donors (Lipinski definition) is 2. The highest BCUT2D eigenvalue weighted by Gasteiger charge is 2.25. The van der Waals surface area contributed by atoms with E-state index in [0.717, 1.165) is 18.5 Å². The third-order valence-corrected chi connectivity index (χ3v) is 4.18. The van der Waals surface area contributed by atoms with Gasteiger partial charge < -0.3 is 15.4 Å². The molecule has 0 radical (unpaired) electrons. The number of aromatic nitrogens is 2. The predicted octanol–water partition coefficient (Wildman–Crippen LogP) is 2.60. The molecule has 1 fully saturated rings. The Morgan fingerprint density at radius 1 is 1.40 bits per heavy atom. The van der Waals surface area contributed by atoms with Gasteiger partial charge in [0.1, 0.15) is 5.75 Å². The van der Waals surface area contributed by atoms with Crippen molar-refractivity contribution in [2.24, 2.45) is 0 Å². The van der Waals surface area contributed by atoms with Gasteiger partial charge in [-0.15, -0.1) is 0 Å². The van der Waals surface area contributed by atoms with Crippen molar-refractivity contribution in [3.8, 4) is 5.75 Å². The normalized spacial score (nSPS) is 13.4. The van der Waals surface area contributed by atoms with Crippen LogP contribution in [0.4, 0.5) is 10.5 Å². The molecule has 25 heavy (non-hydrogen) atoms. The summed E-state index contributed by atoms with van der Waals surface area (Å²) in [5.41, 5.74) is 1.23. The Balaban J connectivity index is 1.53. The topological polar surface area (TPSA) is 85.2 Å². The molecule has 1 aromatic carbocycles. The fourth-order valence-corrected chi connectivity index (χ4v) is 2.62. The van der Waals surface area contributed by atoms with E-state index in [4.69, 9.17) is 16.3 Å². The molecule has 0 spiro atoms. The summed E-state index contributed by atoms with van der Waals surface area (Å²) in [6, 6.07) is 6.12. The number of benzene rings is 1. The Kier molecular flexibility index (Phi) is 5.23. The number of ether oxygens (including phenoxy) is 1. The van der Waals surface area contributed by atoms with Crippen molar-refractivity contribution in [1.29, 1.82) is 0 Å². The molecule has 0 atom stereocenters. The standard InChI is InChI=1S/C17H19ClN4O3/c1-25-15-5-4-12(18)8-14(15)21-17(24)19-6-7-22-10-20-13(9-16(22)23)11-2-3-11/h4-5,8-11H,2-3,6-7H2,1H3,(H2,19,21,24). The van der Waals surface area contributed by atoms with E-state index in [2.05, 4.69) is 15.6 Å². The largest absolute Gasteiger partial charge is 0.495 e. The van der Waals surface area contributed by atoms with Gasteiger partial charge in [-0.2, -0.15) is 0 Å². The minimum Gasteiger partial charge on any atom is -0.495 e. The first-order valence-electron chi connectivity index (χ1n) is 8.01. The average Bonchev–Trinajstić information content (AvgIpc) is 3.41. The van der Waals surface area contributed by atoms with Crippen molar-refractivity contribution in [3.63, 3.8) is 0 Å². The molecule has 8 heteroatoms. The van der Waals surface area contributed by atoms with E-state index >= 15 is 0 Å². The highest BCUT2D eigenvalue weighted by molar-refractivity contribution is 6.31. The van der Waals surface area contributed by atoms with Gasteiger partial charge in [0.25, 0.3) is 5.56 Å². The van der Waals surface area contributed by atoms with Crippen LogP contribution in [0.5, 0.6) is 5.75 Å². The highest BCUT2D eigenvalue weighted by Crippen LogP contribution is 2.38. The van der Waals surface area contributed by atoms with Crippen LogP contribution in [-0.4, -0.2) is 29.2 Å². The number of methoxy groups -OCH3 is 1. The van der Waals surface area contributed by atoms with E-state index in [1.54, 1.807) is 24.3 Å². The second kappa shape index (κ2) is 7.57. The van der Waals surface area contributed by atoms with Crippen LogP contribution >= 0.6 is 11.6 Å². The third-order valence-electron chi connectivity index (χ3n) is 3.94. The summed E-state index contributed by atoms with van der Waals surface area (Å²) < 4.78 is 6.65. The van der Waals surface area contributed by atoms with Crippen LogP contribution in [-0.2, 0) is 6.54 Å². The summed E-state index contributed by atoms with van der Waals surface area (Å²) >= 11 is 5.93. The van der Waals surface area contributed by atoms with E-state index in [1.165, 1.54) is 18.0 Å². The molecule has 2 amide bonds. The van der Waals surface area contributed by atoms with Gasteiger partial charge in [0.05, 0.1) is 24.8 Å². The van der Waals surface area contributed by atoms with Crippen molar-refractivity contribution >= 4 is 23.3 Å². The van der Waals surface area contributed by atoms with Gasteiger partial charge in [-0.3, -0.25) is 9.36 Å². The quantitative estimate of drug-likeness (QED) is 0.827. The second-order valence-electron chi connectivity index (χ2n) is 5.85. The molecule has 7 nitrogen and oxygen atoms in total. The Morgan fingerprint density at radius 2 is 2.20 bits per heavy atom. The summed E-state index contributed by atoms with van der Waals surface area (Å²) in [4.78, 5) is 28.3. The first kappa shape index (κ1) is 17.3. The van der Waals surface area contributed by atoms with Gasteiger partial charge in [0.2, 0.25) is 0 Å². The minimum absolute atomic E-state index is 0.101.